The van der Waals surface area contributed by atoms with Gasteiger partial charge in [0.05, 0.1) is 24.3 Å². The fourth-order valence-corrected chi connectivity index (χ4v) is 5.53. The number of rotatable bonds is 14. The van der Waals surface area contributed by atoms with Gasteiger partial charge in [-0.1, -0.05) is 49.4 Å². The summed E-state index contributed by atoms with van der Waals surface area (Å²) in [7, 11) is -2.61. The summed E-state index contributed by atoms with van der Waals surface area (Å²) < 4.78 is 39.9. The van der Waals surface area contributed by atoms with Crippen molar-refractivity contribution in [3.8, 4) is 11.5 Å². The van der Waals surface area contributed by atoms with Gasteiger partial charge in [0.1, 0.15) is 24.1 Å². The summed E-state index contributed by atoms with van der Waals surface area (Å²) in [6.07, 6.45) is 0.738. The van der Waals surface area contributed by atoms with E-state index >= 15 is 0 Å². The third kappa shape index (κ3) is 7.53. The largest absolute Gasteiger partial charge is 0.497 e. The van der Waals surface area contributed by atoms with Gasteiger partial charge in [-0.2, -0.15) is 0 Å². The monoisotopic (exact) mass is 567 g/mol. The first-order chi connectivity index (χ1) is 19.2. The highest BCUT2D eigenvalue weighted by Gasteiger charge is 2.33. The van der Waals surface area contributed by atoms with Crippen molar-refractivity contribution in [2.24, 2.45) is 0 Å². The molecule has 1 atom stereocenters. The molecule has 214 valence electrons. The SMILES string of the molecule is CCCNC(=O)C(C)N(Cc1ccc(OC)cc1)C(=O)CN(c1ccccc1OCC)S(=O)(=O)c1ccccc1. The van der Waals surface area contributed by atoms with Crippen molar-refractivity contribution in [2.75, 3.05) is 31.1 Å². The van der Waals surface area contributed by atoms with Crippen molar-refractivity contribution >= 4 is 27.5 Å². The number of hydrogen-bond donors (Lipinski definition) is 1. The third-order valence-electron chi connectivity index (χ3n) is 6.27. The van der Waals surface area contributed by atoms with Crippen molar-refractivity contribution < 1.29 is 27.5 Å². The number of benzene rings is 3. The summed E-state index contributed by atoms with van der Waals surface area (Å²) in [5, 5.41) is 2.83. The molecule has 3 aromatic carbocycles. The Balaban J connectivity index is 2.04. The number of sulfonamides is 1. The van der Waals surface area contributed by atoms with Crippen LogP contribution in [0.2, 0.25) is 0 Å². The average Bonchev–Trinajstić information content (AvgIpc) is 2.98. The van der Waals surface area contributed by atoms with Crippen molar-refractivity contribution in [3.05, 3.63) is 84.4 Å². The molecule has 3 rings (SSSR count). The van der Waals surface area contributed by atoms with Crippen LogP contribution in [0.25, 0.3) is 0 Å². The normalized spacial score (nSPS) is 11.8. The second-order valence-electron chi connectivity index (χ2n) is 9.06. The van der Waals surface area contributed by atoms with E-state index in [9.17, 15) is 18.0 Å². The van der Waals surface area contributed by atoms with Crippen LogP contribution in [0.3, 0.4) is 0 Å². The smallest absolute Gasteiger partial charge is 0.264 e. The lowest BCUT2D eigenvalue weighted by Gasteiger charge is -2.32. The predicted octanol–water partition coefficient (Wildman–Crippen LogP) is 4.23. The van der Waals surface area contributed by atoms with E-state index in [1.807, 2.05) is 6.92 Å². The van der Waals surface area contributed by atoms with E-state index in [-0.39, 0.29) is 23.0 Å². The second kappa shape index (κ2) is 14.4. The molecular formula is C30H37N3O6S. The lowest BCUT2D eigenvalue weighted by atomic mass is 10.1. The molecule has 0 saturated carbocycles. The van der Waals surface area contributed by atoms with Gasteiger partial charge in [0.2, 0.25) is 11.8 Å². The Morgan fingerprint density at radius 1 is 0.925 bits per heavy atom. The summed E-state index contributed by atoms with van der Waals surface area (Å²) in [6, 6.07) is 20.9. The van der Waals surface area contributed by atoms with Gasteiger partial charge in [0.15, 0.2) is 0 Å². The van der Waals surface area contributed by atoms with E-state index in [0.717, 1.165) is 16.3 Å². The van der Waals surface area contributed by atoms with Crippen LogP contribution in [0.5, 0.6) is 11.5 Å². The van der Waals surface area contributed by atoms with E-state index in [1.54, 1.807) is 87.7 Å². The zero-order valence-corrected chi connectivity index (χ0v) is 24.2. The van der Waals surface area contributed by atoms with Crippen LogP contribution in [0, 0.1) is 0 Å². The highest BCUT2D eigenvalue weighted by molar-refractivity contribution is 7.92. The molecule has 0 aliphatic rings. The van der Waals surface area contributed by atoms with E-state index in [4.69, 9.17) is 9.47 Å². The van der Waals surface area contributed by atoms with E-state index < -0.39 is 28.5 Å². The zero-order valence-electron chi connectivity index (χ0n) is 23.4. The number of nitrogens with zero attached hydrogens (tertiary/aromatic N) is 2. The Kier molecular flexibility index (Phi) is 11.0. The first-order valence-corrected chi connectivity index (χ1v) is 14.7. The van der Waals surface area contributed by atoms with Crippen LogP contribution in [0.1, 0.15) is 32.8 Å². The third-order valence-corrected chi connectivity index (χ3v) is 8.05. The van der Waals surface area contributed by atoms with Crippen LogP contribution < -0.4 is 19.1 Å². The minimum absolute atomic E-state index is 0.0320. The Morgan fingerprint density at radius 3 is 2.20 bits per heavy atom. The fraction of sp³-hybridized carbons (Fsp3) is 0.333. The number of methoxy groups -OCH3 is 1. The van der Waals surface area contributed by atoms with Crippen LogP contribution in [-0.4, -0.2) is 58.0 Å². The molecular weight excluding hydrogens is 530 g/mol. The number of anilines is 1. The van der Waals surface area contributed by atoms with E-state index in [2.05, 4.69) is 5.32 Å². The lowest BCUT2D eigenvalue weighted by molar-refractivity contribution is -0.139. The quantitative estimate of drug-likeness (QED) is 0.313. The van der Waals surface area contributed by atoms with Gasteiger partial charge in [-0.15, -0.1) is 0 Å². The maximum absolute atomic E-state index is 14.0. The van der Waals surface area contributed by atoms with Gasteiger partial charge in [-0.05, 0) is 62.2 Å². The van der Waals surface area contributed by atoms with E-state index in [1.165, 1.54) is 17.0 Å². The average molecular weight is 568 g/mol. The van der Waals surface area contributed by atoms with Crippen molar-refractivity contribution in [3.63, 3.8) is 0 Å². The summed E-state index contributed by atoms with van der Waals surface area (Å²) >= 11 is 0. The molecule has 0 aliphatic heterocycles. The number of carbonyl (C=O) groups excluding carboxylic acids is 2. The molecule has 40 heavy (non-hydrogen) atoms. The molecule has 1 N–H and O–H groups in total. The minimum Gasteiger partial charge on any atom is -0.497 e. The number of carbonyl (C=O) groups is 2. The van der Waals surface area contributed by atoms with Crippen LogP contribution in [0.15, 0.2) is 83.8 Å². The summed E-state index contributed by atoms with van der Waals surface area (Å²) in [5.41, 5.74) is 0.991. The molecule has 1 unspecified atom stereocenters. The molecule has 0 aromatic heterocycles. The molecule has 0 aliphatic carbocycles. The molecule has 0 bridgehead atoms. The van der Waals surface area contributed by atoms with Gasteiger partial charge in [0.25, 0.3) is 10.0 Å². The molecule has 10 heteroatoms. The Labute approximate surface area is 236 Å². The number of nitrogens with one attached hydrogen (secondary N) is 1. The Morgan fingerprint density at radius 2 is 1.57 bits per heavy atom. The van der Waals surface area contributed by atoms with Gasteiger partial charge in [-0.25, -0.2) is 8.42 Å². The first kappa shape index (κ1) is 30.5. The number of para-hydroxylation sites is 2. The van der Waals surface area contributed by atoms with Crippen molar-refractivity contribution in [2.45, 2.75) is 44.7 Å². The summed E-state index contributed by atoms with van der Waals surface area (Å²) in [5.74, 6) is 0.118. The van der Waals surface area contributed by atoms with Gasteiger partial charge >= 0.3 is 0 Å². The highest BCUT2D eigenvalue weighted by atomic mass is 32.2. The van der Waals surface area contributed by atoms with E-state index in [0.29, 0.717) is 24.7 Å². The van der Waals surface area contributed by atoms with Gasteiger partial charge < -0.3 is 19.7 Å². The molecule has 2 amide bonds. The Hall–Kier alpha value is -4.05. The zero-order chi connectivity index (χ0) is 29.1. The number of amides is 2. The van der Waals surface area contributed by atoms with Gasteiger partial charge in [0, 0.05) is 13.1 Å². The Bertz CT molecular complexity index is 1360. The lowest BCUT2D eigenvalue weighted by Crippen LogP contribution is -2.51. The molecule has 0 fully saturated rings. The maximum atomic E-state index is 14.0. The molecule has 0 radical (unpaired) electrons. The number of hydrogen-bond acceptors (Lipinski definition) is 6. The summed E-state index contributed by atoms with van der Waals surface area (Å²) in [6.45, 7) is 5.69. The molecule has 9 nitrogen and oxygen atoms in total. The molecule has 0 saturated heterocycles. The molecule has 0 spiro atoms. The van der Waals surface area contributed by atoms with Crippen molar-refractivity contribution in [1.82, 2.24) is 10.2 Å². The highest BCUT2D eigenvalue weighted by Crippen LogP contribution is 2.33. The topological polar surface area (TPSA) is 105 Å². The standard InChI is InChI=1S/C30H37N3O6S/c1-5-20-31-30(35)23(3)32(21-24-16-18-25(38-4)19-17-24)29(34)22-33(27-14-10-11-15-28(27)39-6-2)40(36,37)26-12-8-7-9-13-26/h7-19,23H,5-6,20-22H2,1-4H3,(H,31,35). The van der Waals surface area contributed by atoms with Crippen molar-refractivity contribution in [1.29, 1.82) is 0 Å². The molecule has 0 heterocycles. The summed E-state index contributed by atoms with van der Waals surface area (Å²) in [4.78, 5) is 28.4. The van der Waals surface area contributed by atoms with Crippen LogP contribution >= 0.6 is 0 Å². The fourth-order valence-electron chi connectivity index (χ4n) is 4.08. The first-order valence-electron chi connectivity index (χ1n) is 13.2. The minimum atomic E-state index is -4.18. The molecule has 3 aromatic rings. The predicted molar refractivity (Wildman–Crippen MR) is 155 cm³/mol. The van der Waals surface area contributed by atoms with Crippen LogP contribution in [-0.2, 0) is 26.2 Å². The van der Waals surface area contributed by atoms with Gasteiger partial charge in [-0.3, -0.25) is 13.9 Å². The number of ether oxygens (including phenoxy) is 2. The van der Waals surface area contributed by atoms with Crippen LogP contribution in [0.4, 0.5) is 5.69 Å². The second-order valence-corrected chi connectivity index (χ2v) is 10.9. The maximum Gasteiger partial charge on any atom is 0.264 e.